The van der Waals surface area contributed by atoms with Crippen molar-refractivity contribution < 1.29 is 14.3 Å². The van der Waals surface area contributed by atoms with E-state index in [0.29, 0.717) is 18.0 Å². The standard InChI is InChI=1S/C25H20BrNO3/c26-25-22-9-5-4-8-19(22)10-15-23(25)30-17-24(28)27-20-11-13-21(14-12-20)29-16-18-6-2-1-3-7-18/h1-15H,16-17H2,(H,27,28). The van der Waals surface area contributed by atoms with Crippen LogP contribution in [0.25, 0.3) is 10.8 Å². The first-order valence-corrected chi connectivity index (χ1v) is 10.3. The topological polar surface area (TPSA) is 47.6 Å². The van der Waals surface area contributed by atoms with Gasteiger partial charge in [0.15, 0.2) is 6.61 Å². The number of fused-ring (bicyclic) bond motifs is 1. The normalized spacial score (nSPS) is 10.6. The molecule has 0 unspecified atom stereocenters. The molecule has 0 fully saturated rings. The summed E-state index contributed by atoms with van der Waals surface area (Å²) in [5.74, 6) is 1.15. The number of anilines is 1. The lowest BCUT2D eigenvalue weighted by molar-refractivity contribution is -0.118. The highest BCUT2D eigenvalue weighted by Crippen LogP contribution is 2.33. The van der Waals surface area contributed by atoms with Gasteiger partial charge in [-0.2, -0.15) is 0 Å². The van der Waals surface area contributed by atoms with E-state index in [0.717, 1.165) is 26.6 Å². The van der Waals surface area contributed by atoms with Gasteiger partial charge in [0.25, 0.3) is 5.91 Å². The van der Waals surface area contributed by atoms with Crippen LogP contribution >= 0.6 is 15.9 Å². The SMILES string of the molecule is O=C(COc1ccc2ccccc2c1Br)Nc1ccc(OCc2ccccc2)cc1. The molecule has 0 aliphatic carbocycles. The first-order chi connectivity index (χ1) is 14.7. The average Bonchev–Trinajstić information content (AvgIpc) is 2.79. The van der Waals surface area contributed by atoms with Crippen molar-refractivity contribution in [2.24, 2.45) is 0 Å². The number of benzene rings is 4. The molecule has 4 nitrogen and oxygen atoms in total. The van der Waals surface area contributed by atoms with E-state index in [4.69, 9.17) is 9.47 Å². The Kier molecular flexibility index (Phi) is 6.30. The smallest absolute Gasteiger partial charge is 0.262 e. The summed E-state index contributed by atoms with van der Waals surface area (Å²) in [6.07, 6.45) is 0. The van der Waals surface area contributed by atoms with Crippen LogP contribution in [0.3, 0.4) is 0 Å². The van der Waals surface area contributed by atoms with Crippen LogP contribution in [0.15, 0.2) is 95.5 Å². The van der Waals surface area contributed by atoms with Crippen LogP contribution < -0.4 is 14.8 Å². The van der Waals surface area contributed by atoms with Gasteiger partial charge in [-0.3, -0.25) is 4.79 Å². The van der Waals surface area contributed by atoms with E-state index in [1.807, 2.05) is 91.0 Å². The molecule has 0 saturated heterocycles. The Morgan fingerprint density at radius 1 is 0.800 bits per heavy atom. The number of nitrogens with one attached hydrogen (secondary N) is 1. The highest BCUT2D eigenvalue weighted by molar-refractivity contribution is 9.10. The van der Waals surface area contributed by atoms with Crippen molar-refractivity contribution in [2.45, 2.75) is 6.61 Å². The van der Waals surface area contributed by atoms with Crippen molar-refractivity contribution in [3.63, 3.8) is 0 Å². The number of carbonyl (C=O) groups excluding carboxylic acids is 1. The minimum atomic E-state index is -0.229. The van der Waals surface area contributed by atoms with E-state index < -0.39 is 0 Å². The highest BCUT2D eigenvalue weighted by atomic mass is 79.9. The van der Waals surface area contributed by atoms with E-state index in [-0.39, 0.29) is 12.5 Å². The molecule has 150 valence electrons. The van der Waals surface area contributed by atoms with Gasteiger partial charge < -0.3 is 14.8 Å². The lowest BCUT2D eigenvalue weighted by atomic mass is 10.1. The van der Waals surface area contributed by atoms with Gasteiger partial charge in [-0.15, -0.1) is 0 Å². The molecule has 0 heterocycles. The van der Waals surface area contributed by atoms with Gasteiger partial charge in [-0.25, -0.2) is 0 Å². The molecule has 0 saturated carbocycles. The van der Waals surface area contributed by atoms with Gasteiger partial charge in [0.2, 0.25) is 0 Å². The van der Waals surface area contributed by atoms with Crippen molar-refractivity contribution in [1.82, 2.24) is 0 Å². The van der Waals surface area contributed by atoms with Crippen molar-refractivity contribution in [3.05, 3.63) is 101 Å². The van der Waals surface area contributed by atoms with Crippen LogP contribution in [0.2, 0.25) is 0 Å². The summed E-state index contributed by atoms with van der Waals surface area (Å²) in [5, 5.41) is 4.99. The van der Waals surface area contributed by atoms with Crippen molar-refractivity contribution in [2.75, 3.05) is 11.9 Å². The Labute approximate surface area is 183 Å². The largest absolute Gasteiger partial charge is 0.489 e. The zero-order valence-electron chi connectivity index (χ0n) is 16.2. The molecule has 0 spiro atoms. The fourth-order valence-electron chi connectivity index (χ4n) is 3.04. The van der Waals surface area contributed by atoms with Gasteiger partial charge in [0.1, 0.15) is 18.1 Å². The molecule has 1 N–H and O–H groups in total. The Morgan fingerprint density at radius 3 is 2.33 bits per heavy atom. The highest BCUT2D eigenvalue weighted by Gasteiger charge is 2.09. The van der Waals surface area contributed by atoms with Crippen LogP contribution in [0.5, 0.6) is 11.5 Å². The molecule has 4 rings (SSSR count). The monoisotopic (exact) mass is 461 g/mol. The van der Waals surface area contributed by atoms with Crippen molar-refractivity contribution in [1.29, 1.82) is 0 Å². The molecule has 0 bridgehead atoms. The maximum Gasteiger partial charge on any atom is 0.262 e. The van der Waals surface area contributed by atoms with Gasteiger partial charge >= 0.3 is 0 Å². The van der Waals surface area contributed by atoms with E-state index in [2.05, 4.69) is 21.2 Å². The molecule has 30 heavy (non-hydrogen) atoms. The fraction of sp³-hybridized carbons (Fsp3) is 0.0800. The number of ether oxygens (including phenoxy) is 2. The van der Waals surface area contributed by atoms with E-state index >= 15 is 0 Å². The first-order valence-electron chi connectivity index (χ1n) is 9.56. The molecule has 4 aromatic rings. The van der Waals surface area contributed by atoms with Crippen LogP contribution in [0.1, 0.15) is 5.56 Å². The summed E-state index contributed by atoms with van der Waals surface area (Å²) in [4.78, 5) is 12.3. The van der Waals surface area contributed by atoms with E-state index in [9.17, 15) is 4.79 Å². The van der Waals surface area contributed by atoms with Gasteiger partial charge in [0, 0.05) is 5.69 Å². The first kappa shape index (κ1) is 20.0. The molecule has 0 aliphatic heterocycles. The third-order valence-electron chi connectivity index (χ3n) is 4.57. The third kappa shape index (κ3) is 4.99. The number of hydrogen-bond acceptors (Lipinski definition) is 3. The number of halogens is 1. The van der Waals surface area contributed by atoms with Crippen molar-refractivity contribution >= 4 is 38.3 Å². The quantitative estimate of drug-likeness (QED) is 0.356. The second-order valence-electron chi connectivity index (χ2n) is 6.73. The minimum Gasteiger partial charge on any atom is -0.489 e. The number of amides is 1. The number of rotatable bonds is 7. The lowest BCUT2D eigenvalue weighted by Crippen LogP contribution is -2.20. The molecule has 4 aromatic carbocycles. The van der Waals surface area contributed by atoms with Gasteiger partial charge in [-0.1, -0.05) is 60.7 Å². The molecule has 1 amide bonds. The zero-order valence-corrected chi connectivity index (χ0v) is 17.8. The summed E-state index contributed by atoms with van der Waals surface area (Å²) in [5.41, 5.74) is 1.79. The molecule has 0 aromatic heterocycles. The van der Waals surface area contributed by atoms with Gasteiger partial charge in [0.05, 0.1) is 4.47 Å². The molecule has 0 aliphatic rings. The van der Waals surface area contributed by atoms with Crippen molar-refractivity contribution in [3.8, 4) is 11.5 Å². The molecule has 0 atom stereocenters. The summed E-state index contributed by atoms with van der Waals surface area (Å²) in [7, 11) is 0. The van der Waals surface area contributed by atoms with E-state index in [1.165, 1.54) is 0 Å². The summed E-state index contributed by atoms with van der Waals surface area (Å²) >= 11 is 3.57. The Morgan fingerprint density at radius 2 is 1.53 bits per heavy atom. The maximum absolute atomic E-state index is 12.3. The molecule has 0 radical (unpaired) electrons. The fourth-order valence-corrected chi connectivity index (χ4v) is 3.65. The summed E-state index contributed by atoms with van der Waals surface area (Å²) < 4.78 is 12.3. The third-order valence-corrected chi connectivity index (χ3v) is 5.39. The van der Waals surface area contributed by atoms with Gasteiger partial charge in [-0.05, 0) is 62.6 Å². The maximum atomic E-state index is 12.3. The minimum absolute atomic E-state index is 0.0802. The van der Waals surface area contributed by atoms with Crippen LogP contribution in [0.4, 0.5) is 5.69 Å². The van der Waals surface area contributed by atoms with E-state index in [1.54, 1.807) is 0 Å². The average molecular weight is 462 g/mol. The Hall–Kier alpha value is -3.31. The lowest BCUT2D eigenvalue weighted by Gasteiger charge is -2.11. The number of carbonyl (C=O) groups is 1. The Bertz CT molecular complexity index is 1140. The van der Waals surface area contributed by atoms with Crippen LogP contribution in [-0.2, 0) is 11.4 Å². The Balaban J connectivity index is 1.30. The number of hydrogen-bond donors (Lipinski definition) is 1. The predicted octanol–water partition coefficient (Wildman–Crippen LogP) is 6.20. The summed E-state index contributed by atoms with van der Waals surface area (Å²) in [6.45, 7) is 0.421. The van der Waals surface area contributed by atoms with Crippen LogP contribution in [0, 0.1) is 0 Å². The molecular weight excluding hydrogens is 442 g/mol. The van der Waals surface area contributed by atoms with Crippen LogP contribution in [-0.4, -0.2) is 12.5 Å². The second-order valence-corrected chi connectivity index (χ2v) is 7.53. The predicted molar refractivity (Wildman–Crippen MR) is 123 cm³/mol. The second kappa shape index (κ2) is 9.46. The zero-order chi connectivity index (χ0) is 20.8. The molecular formula is C25H20BrNO3. The molecule has 5 heteroatoms. The summed E-state index contributed by atoms with van der Waals surface area (Å²) in [6, 6.07) is 29.1.